The van der Waals surface area contributed by atoms with Gasteiger partial charge in [-0.15, -0.1) is 16.9 Å². The molecule has 2 saturated heterocycles. The number of nitrogens with zero attached hydrogens (tertiary/aromatic N) is 5. The summed E-state index contributed by atoms with van der Waals surface area (Å²) in [5, 5.41) is 16.7. The second-order valence-corrected chi connectivity index (χ2v) is 13.9. The van der Waals surface area contributed by atoms with Crippen LogP contribution in [0, 0.1) is 0 Å². The van der Waals surface area contributed by atoms with Crippen LogP contribution >= 0.6 is 11.8 Å². The Morgan fingerprint density at radius 1 is 0.826 bits per heavy atom. The summed E-state index contributed by atoms with van der Waals surface area (Å²) in [7, 11) is 3.23. The molecule has 2 aliphatic rings. The monoisotopic (exact) mass is 632 g/mol. The SMILES string of the molecule is COc1ccc(Cn2nnnc2C2N3C(=O)C(NC(c4ccccc4)(c4ccccc4)c4ccccc4)[C@@H]3SC2(C)C)cc1OC. The number of carbonyl (C=O) groups excluding carboxylic acids is 1. The molecule has 10 heteroatoms. The van der Waals surface area contributed by atoms with Gasteiger partial charge in [0.05, 0.1) is 26.3 Å². The van der Waals surface area contributed by atoms with Gasteiger partial charge in [-0.1, -0.05) is 97.1 Å². The normalized spacial score (nSPS) is 20.2. The Bertz CT molecular complexity index is 1740. The number of hydrogen-bond acceptors (Lipinski definition) is 8. The molecule has 2 aliphatic heterocycles. The molecular weight excluding hydrogens is 597 g/mol. The summed E-state index contributed by atoms with van der Waals surface area (Å²) in [6.07, 6.45) is 0. The lowest BCUT2D eigenvalue weighted by Crippen LogP contribution is -2.70. The number of carbonyl (C=O) groups is 1. The molecule has 5 aromatic rings. The van der Waals surface area contributed by atoms with Crippen LogP contribution in [0.1, 0.15) is 48.0 Å². The minimum atomic E-state index is -0.756. The number of thioether (sulfide) groups is 1. The van der Waals surface area contributed by atoms with Crippen LogP contribution in [0.15, 0.2) is 109 Å². The maximum Gasteiger partial charge on any atom is 0.244 e. The topological polar surface area (TPSA) is 94.4 Å². The summed E-state index contributed by atoms with van der Waals surface area (Å²) in [6.45, 7) is 4.76. The van der Waals surface area contributed by atoms with E-state index in [1.165, 1.54) is 0 Å². The maximum atomic E-state index is 14.4. The first kappa shape index (κ1) is 30.0. The van der Waals surface area contributed by atoms with Gasteiger partial charge < -0.3 is 14.4 Å². The molecule has 2 fully saturated rings. The summed E-state index contributed by atoms with van der Waals surface area (Å²) in [5.74, 6) is 1.97. The molecule has 3 atom stereocenters. The van der Waals surface area contributed by atoms with Gasteiger partial charge in [0, 0.05) is 4.75 Å². The Morgan fingerprint density at radius 2 is 1.39 bits per heavy atom. The van der Waals surface area contributed by atoms with E-state index in [4.69, 9.17) is 9.47 Å². The van der Waals surface area contributed by atoms with Crippen molar-refractivity contribution in [3.63, 3.8) is 0 Å². The van der Waals surface area contributed by atoms with Crippen molar-refractivity contribution in [3.8, 4) is 11.5 Å². The highest BCUT2D eigenvalue weighted by Gasteiger charge is 2.64. The third kappa shape index (κ3) is 4.92. The largest absolute Gasteiger partial charge is 0.493 e. The number of fused-ring (bicyclic) bond motifs is 1. The van der Waals surface area contributed by atoms with Crippen molar-refractivity contribution in [2.45, 2.75) is 48.1 Å². The molecule has 234 valence electrons. The van der Waals surface area contributed by atoms with Gasteiger partial charge in [-0.25, -0.2) is 4.68 Å². The van der Waals surface area contributed by atoms with Crippen molar-refractivity contribution in [1.82, 2.24) is 30.4 Å². The molecule has 46 heavy (non-hydrogen) atoms. The number of aromatic nitrogens is 4. The molecule has 3 heterocycles. The molecule has 0 radical (unpaired) electrons. The Labute approximate surface area is 272 Å². The zero-order chi connectivity index (χ0) is 31.9. The van der Waals surface area contributed by atoms with E-state index in [1.807, 2.05) is 77.7 Å². The fourth-order valence-electron chi connectivity index (χ4n) is 6.88. The first-order valence-corrected chi connectivity index (χ1v) is 16.2. The first-order chi connectivity index (χ1) is 22.4. The lowest BCUT2D eigenvalue weighted by atomic mass is 9.76. The summed E-state index contributed by atoms with van der Waals surface area (Å²) in [5.41, 5.74) is 3.40. The molecule has 7 rings (SSSR count). The first-order valence-electron chi connectivity index (χ1n) is 15.3. The zero-order valence-corrected chi connectivity index (χ0v) is 27.0. The van der Waals surface area contributed by atoms with Crippen LogP contribution in [0.25, 0.3) is 0 Å². The van der Waals surface area contributed by atoms with Crippen LogP contribution in [0.4, 0.5) is 0 Å². The Hall–Kier alpha value is -4.67. The highest BCUT2D eigenvalue weighted by molar-refractivity contribution is 8.01. The van der Waals surface area contributed by atoms with E-state index in [1.54, 1.807) is 30.7 Å². The minimum Gasteiger partial charge on any atom is -0.493 e. The maximum absolute atomic E-state index is 14.4. The van der Waals surface area contributed by atoms with E-state index >= 15 is 0 Å². The van der Waals surface area contributed by atoms with Crippen LogP contribution in [0.5, 0.6) is 11.5 Å². The quantitative estimate of drug-likeness (QED) is 0.161. The molecule has 9 nitrogen and oxygen atoms in total. The molecule has 0 aliphatic carbocycles. The predicted molar refractivity (Wildman–Crippen MR) is 178 cm³/mol. The number of methoxy groups -OCH3 is 2. The lowest BCUT2D eigenvalue weighted by Gasteiger charge is -2.49. The number of hydrogen-bond donors (Lipinski definition) is 1. The van der Waals surface area contributed by atoms with Crippen molar-refractivity contribution >= 4 is 17.7 Å². The molecule has 0 bridgehead atoms. The third-order valence-electron chi connectivity index (χ3n) is 9.02. The molecule has 0 saturated carbocycles. The number of amides is 1. The van der Waals surface area contributed by atoms with Gasteiger partial charge in [-0.2, -0.15) is 0 Å². The highest BCUT2D eigenvalue weighted by atomic mass is 32.2. The predicted octanol–water partition coefficient (Wildman–Crippen LogP) is 5.42. The van der Waals surface area contributed by atoms with E-state index in [-0.39, 0.29) is 22.1 Å². The van der Waals surface area contributed by atoms with Gasteiger partial charge in [0.2, 0.25) is 5.91 Å². The van der Waals surface area contributed by atoms with Crippen LogP contribution < -0.4 is 14.8 Å². The van der Waals surface area contributed by atoms with Gasteiger partial charge in [-0.3, -0.25) is 10.1 Å². The van der Waals surface area contributed by atoms with Gasteiger partial charge in [-0.05, 0) is 58.7 Å². The van der Waals surface area contributed by atoms with E-state index in [9.17, 15) is 4.79 Å². The number of tetrazole rings is 1. The number of ether oxygens (including phenoxy) is 2. The fraction of sp³-hybridized carbons (Fsp3) is 0.278. The number of β-lactam (4-membered cyclic amide) rings is 1. The van der Waals surface area contributed by atoms with Crippen molar-refractivity contribution in [3.05, 3.63) is 137 Å². The Morgan fingerprint density at radius 3 is 1.93 bits per heavy atom. The smallest absolute Gasteiger partial charge is 0.244 e. The zero-order valence-electron chi connectivity index (χ0n) is 26.2. The summed E-state index contributed by atoms with van der Waals surface area (Å²) < 4.78 is 12.4. The van der Waals surface area contributed by atoms with Crippen molar-refractivity contribution < 1.29 is 14.3 Å². The number of benzene rings is 4. The van der Waals surface area contributed by atoms with Gasteiger partial charge in [0.25, 0.3) is 0 Å². The van der Waals surface area contributed by atoms with Crippen LogP contribution in [-0.2, 0) is 16.9 Å². The molecule has 1 amide bonds. The number of rotatable bonds is 10. The van der Waals surface area contributed by atoms with Crippen molar-refractivity contribution in [2.24, 2.45) is 0 Å². The second-order valence-electron chi connectivity index (χ2n) is 12.1. The van der Waals surface area contributed by atoms with Gasteiger partial charge >= 0.3 is 0 Å². The van der Waals surface area contributed by atoms with E-state index in [0.29, 0.717) is 23.9 Å². The fourth-order valence-corrected chi connectivity index (χ4v) is 8.51. The van der Waals surface area contributed by atoms with Crippen LogP contribution in [0.2, 0.25) is 0 Å². The molecular formula is C36H36N6O3S. The van der Waals surface area contributed by atoms with Crippen molar-refractivity contribution in [1.29, 1.82) is 0 Å². The van der Waals surface area contributed by atoms with E-state index in [0.717, 1.165) is 22.3 Å². The summed E-state index contributed by atoms with van der Waals surface area (Å²) >= 11 is 1.79. The Kier molecular flexibility index (Phi) is 7.78. The molecule has 2 unspecified atom stereocenters. The van der Waals surface area contributed by atoms with Gasteiger partial charge in [0.15, 0.2) is 17.3 Å². The van der Waals surface area contributed by atoms with Crippen molar-refractivity contribution in [2.75, 3.05) is 14.2 Å². The van der Waals surface area contributed by atoms with Crippen LogP contribution in [0.3, 0.4) is 0 Å². The molecule has 4 aromatic carbocycles. The number of nitrogens with one attached hydrogen (secondary N) is 1. The minimum absolute atomic E-state index is 0.0286. The highest BCUT2D eigenvalue weighted by Crippen LogP contribution is 2.57. The third-order valence-corrected chi connectivity index (χ3v) is 10.6. The molecule has 1 N–H and O–H groups in total. The van der Waals surface area contributed by atoms with E-state index in [2.05, 4.69) is 71.1 Å². The second kappa shape index (κ2) is 11.9. The molecule has 0 spiro atoms. The average Bonchev–Trinajstić information content (AvgIpc) is 3.64. The van der Waals surface area contributed by atoms with Gasteiger partial charge in [0.1, 0.15) is 17.5 Å². The van der Waals surface area contributed by atoms with Crippen LogP contribution in [-0.4, -0.2) is 61.4 Å². The molecule has 1 aromatic heterocycles. The summed E-state index contributed by atoms with van der Waals surface area (Å²) in [6, 6.07) is 36.1. The average molecular weight is 633 g/mol. The Balaban J connectivity index is 1.24. The van der Waals surface area contributed by atoms with E-state index < -0.39 is 11.6 Å². The lowest BCUT2D eigenvalue weighted by molar-refractivity contribution is -0.150. The standard InChI is InChI=1S/C36H36N6O3S/c1-35(2)31(32-38-39-40-41(32)23-24-20-21-28(44-3)29(22-24)45-4)42-33(43)30(34(42)46-35)37-36(25-14-8-5-9-15-25,26-16-10-6-11-17-26)27-18-12-7-13-19-27/h5-22,30-31,34,37H,23H2,1-4H3/t30?,31?,34-/m0/s1. The summed E-state index contributed by atoms with van der Waals surface area (Å²) in [4.78, 5) is 16.3.